The first-order valence-corrected chi connectivity index (χ1v) is 7.86. The summed E-state index contributed by atoms with van der Waals surface area (Å²) in [6.45, 7) is 2.95. The van der Waals surface area contributed by atoms with Gasteiger partial charge in [-0.2, -0.15) is 4.37 Å². The van der Waals surface area contributed by atoms with Crippen LogP contribution in [0.3, 0.4) is 0 Å². The molecule has 2 aromatic rings. The molecule has 96 valence electrons. The molecule has 0 radical (unpaired) electrons. The van der Waals surface area contributed by atoms with Gasteiger partial charge in [0, 0.05) is 29.4 Å². The molecule has 1 aromatic heterocycles. The summed E-state index contributed by atoms with van der Waals surface area (Å²) < 4.78 is 5.30. The number of aryl methyl sites for hydroxylation is 1. The van der Waals surface area contributed by atoms with Crippen LogP contribution in [-0.4, -0.2) is 21.7 Å². The summed E-state index contributed by atoms with van der Waals surface area (Å²) >= 11 is 9.12. The number of benzene rings is 1. The van der Waals surface area contributed by atoms with Gasteiger partial charge >= 0.3 is 0 Å². The minimum Gasteiger partial charge on any atom is -0.384 e. The van der Waals surface area contributed by atoms with Crippen LogP contribution in [0.2, 0.25) is 5.02 Å². The second-order valence-electron chi connectivity index (χ2n) is 3.62. The zero-order valence-corrected chi connectivity index (χ0v) is 12.4. The van der Waals surface area contributed by atoms with E-state index in [1.54, 1.807) is 11.8 Å². The van der Waals surface area contributed by atoms with Crippen molar-refractivity contribution in [2.45, 2.75) is 17.7 Å². The number of nitrogens with zero attached hydrogens (tertiary/aromatic N) is 2. The minimum atomic E-state index is 0.754. The molecule has 0 aliphatic heterocycles. The quantitative estimate of drug-likeness (QED) is 0.647. The first kappa shape index (κ1) is 13.6. The van der Waals surface area contributed by atoms with Crippen molar-refractivity contribution >= 4 is 40.6 Å². The second kappa shape index (κ2) is 6.97. The van der Waals surface area contributed by atoms with Crippen LogP contribution in [0, 0.1) is 0 Å². The van der Waals surface area contributed by atoms with Crippen LogP contribution in [0.1, 0.15) is 12.7 Å². The molecular weight excluding hydrogens is 286 g/mol. The summed E-state index contributed by atoms with van der Waals surface area (Å²) in [5.74, 6) is 1.90. The molecule has 1 N–H and O–H groups in total. The maximum Gasteiger partial charge on any atom is 0.170 e. The zero-order valence-electron chi connectivity index (χ0n) is 10.0. The lowest BCUT2D eigenvalue weighted by Crippen LogP contribution is -2.03. The van der Waals surface area contributed by atoms with E-state index in [9.17, 15) is 0 Å². The molecule has 1 heterocycles. The van der Waals surface area contributed by atoms with Crippen LogP contribution in [0.4, 0.5) is 5.69 Å². The average molecular weight is 300 g/mol. The van der Waals surface area contributed by atoms with E-state index in [-0.39, 0.29) is 0 Å². The molecule has 0 saturated carbocycles. The Morgan fingerprint density at radius 3 is 3.06 bits per heavy atom. The number of halogens is 1. The second-order valence-corrected chi connectivity index (χ2v) is 6.15. The minimum absolute atomic E-state index is 0.754. The van der Waals surface area contributed by atoms with E-state index in [4.69, 9.17) is 11.6 Å². The van der Waals surface area contributed by atoms with E-state index in [2.05, 4.69) is 21.6 Å². The van der Waals surface area contributed by atoms with Crippen LogP contribution in [-0.2, 0) is 6.42 Å². The lowest BCUT2D eigenvalue weighted by molar-refractivity contribution is 0.971. The number of rotatable bonds is 6. The molecular formula is C12H14ClN3S2. The fourth-order valence-electron chi connectivity index (χ4n) is 1.37. The molecule has 0 fully saturated rings. The summed E-state index contributed by atoms with van der Waals surface area (Å²) in [6, 6.07) is 7.74. The Hall–Kier alpha value is -0.780. The Bertz CT molecular complexity index is 502. The normalized spacial score (nSPS) is 10.6. The number of anilines is 1. The average Bonchev–Trinajstić information content (AvgIpc) is 2.83. The van der Waals surface area contributed by atoms with Gasteiger partial charge in [-0.05, 0) is 29.7 Å². The predicted octanol–water partition coefficient (Wildman–Crippen LogP) is 3.96. The third kappa shape index (κ3) is 4.15. The summed E-state index contributed by atoms with van der Waals surface area (Å²) in [5, 5.41) is 4.08. The number of hydrogen-bond donors (Lipinski definition) is 1. The van der Waals surface area contributed by atoms with Crippen LogP contribution >= 0.6 is 34.9 Å². The highest BCUT2D eigenvalue weighted by molar-refractivity contribution is 8.00. The third-order valence-electron chi connectivity index (χ3n) is 2.25. The molecule has 0 amide bonds. The smallest absolute Gasteiger partial charge is 0.170 e. The van der Waals surface area contributed by atoms with E-state index in [1.807, 2.05) is 24.3 Å². The van der Waals surface area contributed by atoms with Crippen LogP contribution < -0.4 is 5.32 Å². The van der Waals surface area contributed by atoms with E-state index >= 15 is 0 Å². The van der Waals surface area contributed by atoms with Gasteiger partial charge in [-0.25, -0.2) is 4.98 Å². The Morgan fingerprint density at radius 1 is 1.44 bits per heavy atom. The van der Waals surface area contributed by atoms with Gasteiger partial charge < -0.3 is 5.32 Å². The van der Waals surface area contributed by atoms with Crippen LogP contribution in [0.15, 0.2) is 28.6 Å². The van der Waals surface area contributed by atoms with Crippen LogP contribution in [0.5, 0.6) is 0 Å². The highest BCUT2D eigenvalue weighted by Gasteiger charge is 2.02. The number of nitrogens with one attached hydrogen (secondary N) is 1. The first-order chi connectivity index (χ1) is 8.78. The van der Waals surface area contributed by atoms with Crippen molar-refractivity contribution in [2.24, 2.45) is 0 Å². The predicted molar refractivity (Wildman–Crippen MR) is 80.0 cm³/mol. The van der Waals surface area contributed by atoms with E-state index in [1.165, 1.54) is 11.5 Å². The van der Waals surface area contributed by atoms with Gasteiger partial charge in [0.1, 0.15) is 5.82 Å². The molecule has 0 aliphatic carbocycles. The first-order valence-electron chi connectivity index (χ1n) is 5.72. The maximum absolute atomic E-state index is 5.91. The Morgan fingerprint density at radius 2 is 2.33 bits per heavy atom. The van der Waals surface area contributed by atoms with Gasteiger partial charge in [-0.15, -0.1) is 0 Å². The van der Waals surface area contributed by atoms with Crippen molar-refractivity contribution < 1.29 is 0 Å². The van der Waals surface area contributed by atoms with Crippen molar-refractivity contribution in [2.75, 3.05) is 17.6 Å². The Kier molecular flexibility index (Phi) is 5.28. The summed E-state index contributed by atoms with van der Waals surface area (Å²) in [5.41, 5.74) is 1.05. The molecule has 3 nitrogen and oxygen atoms in total. The number of thioether (sulfide) groups is 1. The van der Waals surface area contributed by atoms with E-state index in [0.717, 1.165) is 39.6 Å². The maximum atomic E-state index is 5.91. The summed E-state index contributed by atoms with van der Waals surface area (Å²) in [6.07, 6.45) is 0.901. The number of aromatic nitrogens is 2. The van der Waals surface area contributed by atoms with Crippen molar-refractivity contribution in [3.63, 3.8) is 0 Å². The third-order valence-corrected chi connectivity index (χ3v) is 4.36. The Labute approximate surface area is 120 Å². The fraction of sp³-hybridized carbons (Fsp3) is 0.333. The number of hydrogen-bond acceptors (Lipinski definition) is 5. The molecule has 0 bridgehead atoms. The molecule has 0 aliphatic rings. The molecule has 18 heavy (non-hydrogen) atoms. The lowest BCUT2D eigenvalue weighted by atomic mass is 10.3. The highest BCUT2D eigenvalue weighted by Crippen LogP contribution is 2.20. The Balaban J connectivity index is 1.72. The molecule has 0 saturated heterocycles. The molecule has 1 aromatic carbocycles. The fourth-order valence-corrected chi connectivity index (χ4v) is 3.18. The standard InChI is InChI=1S/C12H14ClN3S2/c1-2-11-15-12(18-16-11)17-7-6-14-10-5-3-4-9(13)8-10/h3-5,8,14H,2,6-7H2,1H3. The van der Waals surface area contributed by atoms with E-state index in [0.29, 0.717) is 0 Å². The zero-order chi connectivity index (χ0) is 12.8. The van der Waals surface area contributed by atoms with Crippen molar-refractivity contribution in [1.82, 2.24) is 9.36 Å². The van der Waals surface area contributed by atoms with Crippen molar-refractivity contribution in [3.8, 4) is 0 Å². The van der Waals surface area contributed by atoms with Crippen molar-refractivity contribution in [3.05, 3.63) is 35.1 Å². The molecule has 0 atom stereocenters. The summed E-state index contributed by atoms with van der Waals surface area (Å²) in [4.78, 5) is 4.41. The monoisotopic (exact) mass is 299 g/mol. The topological polar surface area (TPSA) is 37.8 Å². The SMILES string of the molecule is CCc1nsc(SCCNc2cccc(Cl)c2)n1. The summed E-state index contributed by atoms with van der Waals surface area (Å²) in [7, 11) is 0. The lowest BCUT2D eigenvalue weighted by Gasteiger charge is -2.05. The highest BCUT2D eigenvalue weighted by atomic mass is 35.5. The van der Waals surface area contributed by atoms with E-state index < -0.39 is 0 Å². The largest absolute Gasteiger partial charge is 0.384 e. The van der Waals surface area contributed by atoms with Gasteiger partial charge in [0.25, 0.3) is 0 Å². The van der Waals surface area contributed by atoms with Gasteiger partial charge in [-0.3, -0.25) is 0 Å². The molecule has 6 heteroatoms. The van der Waals surface area contributed by atoms with Gasteiger partial charge in [0.15, 0.2) is 4.34 Å². The molecule has 2 rings (SSSR count). The van der Waals surface area contributed by atoms with Crippen LogP contribution in [0.25, 0.3) is 0 Å². The van der Waals surface area contributed by atoms with Gasteiger partial charge in [0.2, 0.25) is 0 Å². The molecule has 0 spiro atoms. The van der Waals surface area contributed by atoms with Crippen molar-refractivity contribution in [1.29, 1.82) is 0 Å². The van der Waals surface area contributed by atoms with Gasteiger partial charge in [-0.1, -0.05) is 36.4 Å². The molecule has 0 unspecified atom stereocenters. The van der Waals surface area contributed by atoms with Gasteiger partial charge in [0.05, 0.1) is 0 Å².